The van der Waals surface area contributed by atoms with Gasteiger partial charge >= 0.3 is 0 Å². The van der Waals surface area contributed by atoms with Crippen molar-refractivity contribution < 1.29 is 19.4 Å². The molecule has 0 saturated heterocycles. The first-order chi connectivity index (χ1) is 13.5. The second-order valence-electron chi connectivity index (χ2n) is 8.02. The number of halogens is 2. The van der Waals surface area contributed by atoms with E-state index in [0.717, 1.165) is 5.56 Å². The Morgan fingerprint density at radius 2 is 1.72 bits per heavy atom. The average molecular weight is 435 g/mol. The van der Waals surface area contributed by atoms with E-state index in [1.807, 2.05) is 13.0 Å². The summed E-state index contributed by atoms with van der Waals surface area (Å²) in [6, 6.07) is 10.4. The van der Waals surface area contributed by atoms with Crippen molar-refractivity contribution in [2.45, 2.75) is 52.2 Å². The van der Waals surface area contributed by atoms with Crippen LogP contribution in [0, 0.1) is 0 Å². The molecule has 0 radical (unpaired) electrons. The fourth-order valence-electron chi connectivity index (χ4n) is 3.55. The van der Waals surface area contributed by atoms with Crippen LogP contribution in [-0.4, -0.2) is 22.1 Å². The molecule has 4 nitrogen and oxygen atoms in total. The lowest BCUT2D eigenvalue weighted by Gasteiger charge is -2.40. The molecular formula is C23H24Cl2O4. The van der Waals surface area contributed by atoms with E-state index >= 15 is 0 Å². The lowest BCUT2D eigenvalue weighted by Crippen LogP contribution is -2.49. The molecule has 2 aromatic carbocycles. The smallest absolute Gasteiger partial charge is 0.198 e. The first-order valence-electron chi connectivity index (χ1n) is 9.41. The number of carbonyl (C=O) groups is 1. The molecule has 1 aliphatic rings. The van der Waals surface area contributed by atoms with Crippen LogP contribution in [0.1, 0.15) is 45.7 Å². The topological polar surface area (TPSA) is 55.8 Å². The maximum Gasteiger partial charge on any atom is 0.198 e. The zero-order valence-electron chi connectivity index (χ0n) is 17.1. The normalized spacial score (nSPS) is 18.1. The maximum atomic E-state index is 13.1. The summed E-state index contributed by atoms with van der Waals surface area (Å²) >= 11 is 12.1. The molecule has 0 fully saturated rings. The molecule has 0 aromatic heterocycles. The standard InChI is InChI=1S/C23H24Cl2O4/c1-6-13-11-15(28-18-10-7-14(24)12-17(18)25)8-9-16(13)19-20(26)22(2,3)29-23(4,5)21(19)27/h7-12,26H,6H2,1-5H3. The summed E-state index contributed by atoms with van der Waals surface area (Å²) in [6.45, 7) is 8.92. The summed E-state index contributed by atoms with van der Waals surface area (Å²) in [5, 5.41) is 11.7. The third-order valence-corrected chi connectivity index (χ3v) is 5.47. The molecule has 0 amide bonds. The number of hydrogen-bond acceptors (Lipinski definition) is 4. The Kier molecular flexibility index (Phi) is 5.74. The minimum absolute atomic E-state index is 0.0639. The molecule has 0 aliphatic carbocycles. The molecule has 0 spiro atoms. The van der Waals surface area contributed by atoms with Gasteiger partial charge in [-0.15, -0.1) is 0 Å². The minimum atomic E-state index is -1.04. The Morgan fingerprint density at radius 1 is 1.03 bits per heavy atom. The molecule has 3 rings (SSSR count). The van der Waals surface area contributed by atoms with Gasteiger partial charge < -0.3 is 14.6 Å². The number of rotatable bonds is 4. The van der Waals surface area contributed by atoms with Gasteiger partial charge in [-0.25, -0.2) is 0 Å². The molecule has 2 aromatic rings. The predicted molar refractivity (Wildman–Crippen MR) is 116 cm³/mol. The van der Waals surface area contributed by atoms with Gasteiger partial charge in [0.15, 0.2) is 5.78 Å². The zero-order chi connectivity index (χ0) is 21.6. The highest BCUT2D eigenvalue weighted by atomic mass is 35.5. The number of hydrogen-bond donors (Lipinski definition) is 1. The lowest BCUT2D eigenvalue weighted by molar-refractivity contribution is -0.158. The summed E-state index contributed by atoms with van der Waals surface area (Å²) in [5.74, 6) is 0.745. The number of ether oxygens (including phenoxy) is 2. The molecule has 6 heteroatoms. The van der Waals surface area contributed by atoms with E-state index in [-0.39, 0.29) is 11.5 Å². The summed E-state index contributed by atoms with van der Waals surface area (Å²) in [7, 11) is 0. The average Bonchev–Trinajstić information content (AvgIpc) is 2.63. The van der Waals surface area contributed by atoms with Gasteiger partial charge in [0.1, 0.15) is 28.5 Å². The highest BCUT2D eigenvalue weighted by molar-refractivity contribution is 6.35. The van der Waals surface area contributed by atoms with Crippen molar-refractivity contribution in [3.05, 3.63) is 63.3 Å². The van der Waals surface area contributed by atoms with Crippen LogP contribution in [0.2, 0.25) is 10.0 Å². The van der Waals surface area contributed by atoms with Crippen molar-refractivity contribution in [1.82, 2.24) is 0 Å². The summed E-state index contributed by atoms with van der Waals surface area (Å²) < 4.78 is 11.7. The molecular weight excluding hydrogens is 411 g/mol. The molecule has 0 unspecified atom stereocenters. The van der Waals surface area contributed by atoms with Crippen LogP contribution in [0.3, 0.4) is 0 Å². The fourth-order valence-corrected chi connectivity index (χ4v) is 3.99. The highest BCUT2D eigenvalue weighted by Crippen LogP contribution is 2.42. The number of ketones is 1. The first-order valence-corrected chi connectivity index (χ1v) is 10.2. The van der Waals surface area contributed by atoms with Crippen molar-refractivity contribution in [3.8, 4) is 11.5 Å². The summed E-state index contributed by atoms with van der Waals surface area (Å²) in [6.07, 6.45) is 0.645. The van der Waals surface area contributed by atoms with E-state index in [2.05, 4.69) is 0 Å². The predicted octanol–water partition coefficient (Wildman–Crippen LogP) is 6.77. The Balaban J connectivity index is 2.06. The third kappa shape index (κ3) is 4.16. The van der Waals surface area contributed by atoms with Crippen LogP contribution in [0.15, 0.2) is 42.2 Å². The second-order valence-corrected chi connectivity index (χ2v) is 8.87. The van der Waals surface area contributed by atoms with Gasteiger partial charge in [-0.3, -0.25) is 4.79 Å². The van der Waals surface area contributed by atoms with Crippen LogP contribution < -0.4 is 4.74 Å². The van der Waals surface area contributed by atoms with Crippen LogP contribution in [0.5, 0.6) is 11.5 Å². The Bertz CT molecular complexity index is 1010. The minimum Gasteiger partial charge on any atom is -0.508 e. The SMILES string of the molecule is CCc1cc(Oc2ccc(Cl)cc2Cl)ccc1C1=C(O)C(C)(C)OC(C)(C)C1=O. The number of carbonyl (C=O) groups excluding carboxylic acids is 1. The number of Topliss-reactive ketones (excluding diaryl/α,β-unsaturated/α-hetero) is 1. The lowest BCUT2D eigenvalue weighted by atomic mass is 9.81. The Labute approximate surface area is 181 Å². The van der Waals surface area contributed by atoms with E-state index in [1.165, 1.54) is 0 Å². The quantitative estimate of drug-likeness (QED) is 0.576. The number of aliphatic hydroxyl groups excluding tert-OH is 1. The first kappa shape index (κ1) is 21.7. The van der Waals surface area contributed by atoms with E-state index in [0.29, 0.717) is 39.1 Å². The molecule has 0 atom stereocenters. The number of benzene rings is 2. The van der Waals surface area contributed by atoms with Crippen LogP contribution in [0.25, 0.3) is 5.57 Å². The van der Waals surface area contributed by atoms with E-state index in [1.54, 1.807) is 58.0 Å². The third-order valence-electron chi connectivity index (χ3n) is 4.94. The van der Waals surface area contributed by atoms with Gasteiger partial charge in [-0.2, -0.15) is 0 Å². The van der Waals surface area contributed by atoms with Crippen molar-refractivity contribution in [1.29, 1.82) is 0 Å². The van der Waals surface area contributed by atoms with Crippen LogP contribution >= 0.6 is 23.2 Å². The second kappa shape index (κ2) is 7.67. The van der Waals surface area contributed by atoms with Gasteiger partial charge in [0.25, 0.3) is 0 Å². The van der Waals surface area contributed by atoms with Gasteiger partial charge in [0, 0.05) is 5.02 Å². The maximum absolute atomic E-state index is 13.1. The molecule has 0 saturated carbocycles. The van der Waals surface area contributed by atoms with Crippen molar-refractivity contribution in [3.63, 3.8) is 0 Å². The summed E-state index contributed by atoms with van der Waals surface area (Å²) in [5.41, 5.74) is -0.171. The fraction of sp³-hybridized carbons (Fsp3) is 0.348. The largest absolute Gasteiger partial charge is 0.508 e. The Morgan fingerprint density at radius 3 is 2.34 bits per heavy atom. The van der Waals surface area contributed by atoms with E-state index in [4.69, 9.17) is 32.7 Å². The van der Waals surface area contributed by atoms with Gasteiger partial charge in [0.05, 0.1) is 10.6 Å². The van der Waals surface area contributed by atoms with Gasteiger partial charge in [-0.05, 0) is 75.6 Å². The molecule has 154 valence electrons. The molecule has 29 heavy (non-hydrogen) atoms. The zero-order valence-corrected chi connectivity index (χ0v) is 18.6. The van der Waals surface area contributed by atoms with Crippen LogP contribution in [-0.2, 0) is 16.0 Å². The molecule has 1 aliphatic heterocycles. The summed E-state index contributed by atoms with van der Waals surface area (Å²) in [4.78, 5) is 13.1. The number of aryl methyl sites for hydroxylation is 1. The number of aliphatic hydroxyl groups is 1. The van der Waals surface area contributed by atoms with E-state index < -0.39 is 11.2 Å². The van der Waals surface area contributed by atoms with Crippen molar-refractivity contribution >= 4 is 34.6 Å². The van der Waals surface area contributed by atoms with E-state index in [9.17, 15) is 9.90 Å². The van der Waals surface area contributed by atoms with Gasteiger partial charge in [0.2, 0.25) is 0 Å². The molecule has 1 N–H and O–H groups in total. The van der Waals surface area contributed by atoms with Crippen molar-refractivity contribution in [2.75, 3.05) is 0 Å². The monoisotopic (exact) mass is 434 g/mol. The van der Waals surface area contributed by atoms with Gasteiger partial charge in [-0.1, -0.05) is 36.2 Å². The van der Waals surface area contributed by atoms with Crippen molar-refractivity contribution in [2.24, 2.45) is 0 Å². The highest BCUT2D eigenvalue weighted by Gasteiger charge is 2.47. The van der Waals surface area contributed by atoms with Crippen LogP contribution in [0.4, 0.5) is 0 Å². The molecule has 1 heterocycles. The molecule has 0 bridgehead atoms. The Hall–Kier alpha value is -2.01.